The van der Waals surface area contributed by atoms with Crippen molar-refractivity contribution in [2.24, 2.45) is 0 Å². The first kappa shape index (κ1) is 34.9. The fraction of sp³-hybridized carbons (Fsp3) is 0.0750. The molecular formula is C40H32Br2O3S2. The molecule has 236 valence electrons. The van der Waals surface area contributed by atoms with E-state index in [1.54, 1.807) is 37.7 Å². The topological polar surface area (TPSA) is 35.5 Å². The van der Waals surface area contributed by atoms with E-state index in [1.807, 2.05) is 109 Å². The molecule has 7 heteroatoms. The molecule has 6 aromatic rings. The van der Waals surface area contributed by atoms with Gasteiger partial charge in [0.25, 0.3) is 0 Å². The van der Waals surface area contributed by atoms with Gasteiger partial charge in [-0.25, -0.2) is 0 Å². The minimum Gasteiger partial charge on any atom is -0.346 e. The molecule has 0 spiro atoms. The van der Waals surface area contributed by atoms with Crippen LogP contribution in [0.1, 0.15) is 27.0 Å². The van der Waals surface area contributed by atoms with Crippen LogP contribution in [-0.2, 0) is 15.3 Å². The van der Waals surface area contributed by atoms with Crippen molar-refractivity contribution in [2.75, 3.05) is 14.2 Å². The maximum Gasteiger partial charge on any atom is 0.221 e. The molecule has 0 amide bonds. The molecule has 0 saturated carbocycles. The van der Waals surface area contributed by atoms with Crippen LogP contribution in [0.25, 0.3) is 0 Å². The molecule has 0 radical (unpaired) electrons. The summed E-state index contributed by atoms with van der Waals surface area (Å²) in [4.78, 5) is 17.0. The Balaban J connectivity index is 0.000000186. The minimum absolute atomic E-state index is 0.0563. The number of carbonyl (C=O) groups is 1. The molecule has 6 aromatic carbocycles. The number of ether oxygens (including phenoxy) is 2. The van der Waals surface area contributed by atoms with Crippen LogP contribution in [0.15, 0.2) is 186 Å². The zero-order chi connectivity index (χ0) is 33.1. The molecule has 0 heterocycles. The number of carbonyl (C=O) groups excluding carboxylic acids is 1. The van der Waals surface area contributed by atoms with Crippen molar-refractivity contribution in [2.45, 2.75) is 25.4 Å². The third-order valence-electron chi connectivity index (χ3n) is 7.21. The molecule has 0 saturated heterocycles. The Bertz CT molecular complexity index is 1840. The van der Waals surface area contributed by atoms with Crippen molar-refractivity contribution in [1.29, 1.82) is 0 Å². The van der Waals surface area contributed by atoms with E-state index >= 15 is 0 Å². The molecule has 0 bridgehead atoms. The van der Waals surface area contributed by atoms with Gasteiger partial charge in [-0.15, -0.1) is 0 Å². The summed E-state index contributed by atoms with van der Waals surface area (Å²) in [5.41, 5.74) is 3.36. The van der Waals surface area contributed by atoms with Gasteiger partial charge >= 0.3 is 0 Å². The summed E-state index contributed by atoms with van der Waals surface area (Å²) < 4.78 is 13.7. The molecule has 0 aliphatic rings. The number of halogens is 2. The van der Waals surface area contributed by atoms with Gasteiger partial charge in [0.1, 0.15) is 0 Å². The van der Waals surface area contributed by atoms with E-state index in [1.165, 1.54) is 14.7 Å². The van der Waals surface area contributed by atoms with Crippen molar-refractivity contribution in [1.82, 2.24) is 0 Å². The predicted octanol–water partition coefficient (Wildman–Crippen LogP) is 11.9. The van der Waals surface area contributed by atoms with Gasteiger partial charge < -0.3 is 9.47 Å². The van der Waals surface area contributed by atoms with Crippen LogP contribution in [0.2, 0.25) is 0 Å². The van der Waals surface area contributed by atoms with E-state index in [4.69, 9.17) is 9.47 Å². The summed E-state index contributed by atoms with van der Waals surface area (Å²) in [6, 6.07) is 51.9. The van der Waals surface area contributed by atoms with E-state index in [0.717, 1.165) is 30.5 Å². The summed E-state index contributed by atoms with van der Waals surface area (Å²) in [6.07, 6.45) is 0. The SMILES string of the molecule is COC(OC)(c1ccccc1)c1ccc(Sc2ccc(Br)cc2)cc1.O=C(c1ccccc1)c1ccc(Sc2ccc(Br)cc2)cc1. The number of rotatable bonds is 10. The number of hydrogen-bond acceptors (Lipinski definition) is 5. The molecule has 0 fully saturated rings. The van der Waals surface area contributed by atoms with Crippen LogP contribution in [0.3, 0.4) is 0 Å². The van der Waals surface area contributed by atoms with Crippen molar-refractivity contribution in [3.63, 3.8) is 0 Å². The van der Waals surface area contributed by atoms with Crippen LogP contribution < -0.4 is 0 Å². The Morgan fingerprint density at radius 2 is 0.809 bits per heavy atom. The summed E-state index contributed by atoms with van der Waals surface area (Å²) in [6.45, 7) is 0. The van der Waals surface area contributed by atoms with E-state index < -0.39 is 5.79 Å². The van der Waals surface area contributed by atoms with Gasteiger partial charge in [0.05, 0.1) is 0 Å². The summed E-state index contributed by atoms with van der Waals surface area (Å²) in [7, 11) is 3.34. The molecule has 0 unspecified atom stereocenters. The fourth-order valence-electron chi connectivity index (χ4n) is 4.83. The van der Waals surface area contributed by atoms with Gasteiger partial charge in [0.2, 0.25) is 5.79 Å². The maximum atomic E-state index is 12.3. The lowest BCUT2D eigenvalue weighted by atomic mass is 9.97. The molecule has 3 nitrogen and oxygen atoms in total. The number of hydrogen-bond donors (Lipinski definition) is 0. The second-order valence-electron chi connectivity index (χ2n) is 10.2. The van der Waals surface area contributed by atoms with E-state index in [2.05, 4.69) is 80.4 Å². The second-order valence-corrected chi connectivity index (χ2v) is 14.4. The average molecular weight is 785 g/mol. The molecule has 0 aliphatic carbocycles. The Labute approximate surface area is 302 Å². The van der Waals surface area contributed by atoms with Crippen molar-refractivity contribution in [3.8, 4) is 0 Å². The van der Waals surface area contributed by atoms with Crippen LogP contribution in [0, 0.1) is 0 Å². The lowest BCUT2D eigenvalue weighted by molar-refractivity contribution is -0.183. The highest BCUT2D eigenvalue weighted by Crippen LogP contribution is 2.36. The molecule has 47 heavy (non-hydrogen) atoms. The number of benzene rings is 6. The van der Waals surface area contributed by atoms with Crippen LogP contribution in [0.4, 0.5) is 0 Å². The van der Waals surface area contributed by atoms with E-state index in [9.17, 15) is 4.79 Å². The Hall–Kier alpha value is -3.43. The maximum absolute atomic E-state index is 12.3. The van der Waals surface area contributed by atoms with Crippen LogP contribution in [0.5, 0.6) is 0 Å². The third-order valence-corrected chi connectivity index (χ3v) is 10.3. The Morgan fingerprint density at radius 3 is 1.23 bits per heavy atom. The monoisotopic (exact) mass is 782 g/mol. The van der Waals surface area contributed by atoms with Gasteiger partial charge in [-0.1, -0.05) is 128 Å². The first-order chi connectivity index (χ1) is 22.9. The highest BCUT2D eigenvalue weighted by Gasteiger charge is 2.34. The van der Waals surface area contributed by atoms with Gasteiger partial charge in [-0.05, 0) is 84.9 Å². The quantitative estimate of drug-likeness (QED) is 0.102. The Morgan fingerprint density at radius 1 is 0.468 bits per heavy atom. The molecule has 6 rings (SSSR count). The molecule has 0 aromatic heterocycles. The smallest absolute Gasteiger partial charge is 0.221 e. The third kappa shape index (κ3) is 9.35. The summed E-state index contributed by atoms with van der Waals surface area (Å²) >= 11 is 10.3. The normalized spacial score (nSPS) is 11.0. The molecular weight excluding hydrogens is 752 g/mol. The minimum atomic E-state index is -0.901. The van der Waals surface area contributed by atoms with Gasteiger partial charge in [-0.3, -0.25) is 4.79 Å². The predicted molar refractivity (Wildman–Crippen MR) is 201 cm³/mol. The van der Waals surface area contributed by atoms with Gasteiger partial charge in [0.15, 0.2) is 5.78 Å². The molecule has 0 aliphatic heterocycles. The average Bonchev–Trinajstić information content (AvgIpc) is 3.13. The van der Waals surface area contributed by atoms with Crippen LogP contribution in [-0.4, -0.2) is 20.0 Å². The first-order valence-electron chi connectivity index (χ1n) is 14.7. The lowest BCUT2D eigenvalue weighted by Gasteiger charge is -2.32. The van der Waals surface area contributed by atoms with Crippen molar-refractivity contribution in [3.05, 3.63) is 189 Å². The number of methoxy groups -OCH3 is 2. The standard InChI is InChI=1S/C21H19BrO2S.C19H13BrOS/c1-23-21(24-2,16-6-4-3-5-7-16)17-8-12-19(13-9-17)25-20-14-10-18(22)11-15-20;20-16-8-12-18(13-9-16)22-17-10-6-15(7-11-17)19(21)14-4-2-1-3-5-14/h3-15H,1-2H3;1-13H. The zero-order valence-corrected chi connectivity index (χ0v) is 30.6. The van der Waals surface area contributed by atoms with E-state index in [-0.39, 0.29) is 5.78 Å². The first-order valence-corrected chi connectivity index (χ1v) is 17.9. The summed E-state index contributed by atoms with van der Waals surface area (Å²) in [5.74, 6) is -0.844. The molecule has 0 N–H and O–H groups in total. The van der Waals surface area contributed by atoms with Crippen molar-refractivity contribution < 1.29 is 14.3 Å². The lowest BCUT2D eigenvalue weighted by Crippen LogP contribution is -2.32. The number of ketones is 1. The Kier molecular flexibility index (Phi) is 12.7. The van der Waals surface area contributed by atoms with Gasteiger partial charge in [-0.2, -0.15) is 0 Å². The fourth-order valence-corrected chi connectivity index (χ4v) is 6.99. The largest absolute Gasteiger partial charge is 0.346 e. The summed E-state index contributed by atoms with van der Waals surface area (Å²) in [5, 5.41) is 0. The molecule has 0 atom stereocenters. The highest BCUT2D eigenvalue weighted by atomic mass is 79.9. The second kappa shape index (κ2) is 17.1. The zero-order valence-electron chi connectivity index (χ0n) is 25.8. The van der Waals surface area contributed by atoms with Gasteiger partial charge in [0, 0.05) is 65.0 Å². The van der Waals surface area contributed by atoms with Crippen molar-refractivity contribution >= 4 is 61.2 Å². The van der Waals surface area contributed by atoms with E-state index in [0.29, 0.717) is 5.56 Å². The van der Waals surface area contributed by atoms with Crippen LogP contribution >= 0.6 is 55.4 Å². The highest BCUT2D eigenvalue weighted by molar-refractivity contribution is 9.10.